The molecule has 2 aliphatic rings. The molecular formula is C29H37N5OS. The first kappa shape index (κ1) is 24.8. The van der Waals surface area contributed by atoms with E-state index in [0.717, 1.165) is 49.9 Å². The fourth-order valence-electron chi connectivity index (χ4n) is 5.83. The molecular weight excluding hydrogens is 466 g/mol. The van der Waals surface area contributed by atoms with Gasteiger partial charge in [0.15, 0.2) is 5.11 Å². The Bertz CT molecular complexity index is 1180. The molecule has 0 amide bonds. The van der Waals surface area contributed by atoms with Crippen LogP contribution in [0.25, 0.3) is 5.69 Å². The molecule has 0 radical (unpaired) electrons. The van der Waals surface area contributed by atoms with Crippen LogP contribution in [0.15, 0.2) is 54.7 Å². The van der Waals surface area contributed by atoms with E-state index in [0.29, 0.717) is 0 Å². The van der Waals surface area contributed by atoms with Crippen LogP contribution in [0.3, 0.4) is 0 Å². The van der Waals surface area contributed by atoms with E-state index in [1.54, 1.807) is 0 Å². The summed E-state index contributed by atoms with van der Waals surface area (Å²) in [5, 5.41) is 4.37. The lowest BCUT2D eigenvalue weighted by Gasteiger charge is -2.30. The summed E-state index contributed by atoms with van der Waals surface area (Å²) in [5.41, 5.74) is 7.18. The van der Waals surface area contributed by atoms with Gasteiger partial charge in [-0.3, -0.25) is 4.98 Å². The van der Waals surface area contributed by atoms with Gasteiger partial charge in [-0.2, -0.15) is 0 Å². The van der Waals surface area contributed by atoms with Crippen LogP contribution in [0.2, 0.25) is 0 Å². The third kappa shape index (κ3) is 4.62. The molecule has 1 aromatic carbocycles. The molecule has 4 heterocycles. The van der Waals surface area contributed by atoms with Crippen molar-refractivity contribution in [3.8, 4) is 5.69 Å². The van der Waals surface area contributed by atoms with Crippen LogP contribution in [0.1, 0.15) is 61.4 Å². The molecule has 0 saturated carbocycles. The lowest BCUT2D eigenvalue weighted by Crippen LogP contribution is -2.36. The van der Waals surface area contributed by atoms with Gasteiger partial charge in [0.2, 0.25) is 0 Å². The number of thiocarbonyl (C=S) groups is 1. The zero-order valence-electron chi connectivity index (χ0n) is 21.8. The molecule has 0 spiro atoms. The van der Waals surface area contributed by atoms with Crippen molar-refractivity contribution >= 4 is 23.0 Å². The Kier molecular flexibility index (Phi) is 7.30. The summed E-state index contributed by atoms with van der Waals surface area (Å²) in [4.78, 5) is 9.41. The molecule has 190 valence electrons. The van der Waals surface area contributed by atoms with Crippen molar-refractivity contribution in [2.45, 2.75) is 58.7 Å². The van der Waals surface area contributed by atoms with Crippen LogP contribution in [0.4, 0.5) is 5.69 Å². The van der Waals surface area contributed by atoms with E-state index in [1.165, 1.54) is 28.3 Å². The van der Waals surface area contributed by atoms with Gasteiger partial charge in [0, 0.05) is 55.2 Å². The van der Waals surface area contributed by atoms with Crippen molar-refractivity contribution < 1.29 is 4.74 Å². The van der Waals surface area contributed by atoms with Gasteiger partial charge in [0.25, 0.3) is 0 Å². The number of pyridine rings is 1. The summed E-state index contributed by atoms with van der Waals surface area (Å²) in [7, 11) is 0. The van der Waals surface area contributed by atoms with Crippen molar-refractivity contribution in [2.75, 3.05) is 31.1 Å². The van der Waals surface area contributed by atoms with Crippen LogP contribution in [0.5, 0.6) is 0 Å². The van der Waals surface area contributed by atoms with Gasteiger partial charge < -0.3 is 24.4 Å². The second kappa shape index (κ2) is 10.6. The lowest BCUT2D eigenvalue weighted by molar-refractivity contribution is 0.0842. The summed E-state index contributed by atoms with van der Waals surface area (Å²) in [6.07, 6.45) is 4.27. The second-order valence-corrected chi connectivity index (χ2v) is 10.2. The summed E-state index contributed by atoms with van der Waals surface area (Å²) < 4.78 is 8.38. The molecule has 2 saturated heterocycles. The van der Waals surface area contributed by atoms with Crippen LogP contribution in [0, 0.1) is 13.8 Å². The molecule has 3 atom stereocenters. The van der Waals surface area contributed by atoms with E-state index in [1.807, 2.05) is 18.3 Å². The van der Waals surface area contributed by atoms with Crippen LogP contribution in [-0.2, 0) is 4.74 Å². The molecule has 6 nitrogen and oxygen atoms in total. The Labute approximate surface area is 220 Å². The number of hydrogen-bond donors (Lipinski definition) is 1. The minimum absolute atomic E-state index is 0.0147. The maximum atomic E-state index is 6.01. The summed E-state index contributed by atoms with van der Waals surface area (Å²) in [6.45, 7) is 12.5. The van der Waals surface area contributed by atoms with Crippen LogP contribution >= 0.6 is 12.2 Å². The summed E-state index contributed by atoms with van der Waals surface area (Å²) in [5.74, 6) is 0. The third-order valence-corrected chi connectivity index (χ3v) is 8.00. The Morgan fingerprint density at radius 2 is 1.89 bits per heavy atom. The maximum absolute atomic E-state index is 6.01. The van der Waals surface area contributed by atoms with E-state index < -0.39 is 0 Å². The van der Waals surface area contributed by atoms with Crippen LogP contribution in [-0.4, -0.2) is 51.9 Å². The molecule has 3 unspecified atom stereocenters. The van der Waals surface area contributed by atoms with E-state index in [4.69, 9.17) is 21.9 Å². The van der Waals surface area contributed by atoms with Crippen molar-refractivity contribution in [2.24, 2.45) is 0 Å². The van der Waals surface area contributed by atoms with Gasteiger partial charge in [0.1, 0.15) is 0 Å². The third-order valence-electron chi connectivity index (χ3n) is 7.65. The molecule has 7 heteroatoms. The lowest BCUT2D eigenvalue weighted by atomic mass is 9.96. The van der Waals surface area contributed by atoms with Gasteiger partial charge in [-0.05, 0) is 101 Å². The van der Waals surface area contributed by atoms with Crippen LogP contribution < -0.4 is 10.2 Å². The average molecular weight is 504 g/mol. The molecule has 0 aliphatic carbocycles. The Hall–Kier alpha value is -2.90. The predicted molar refractivity (Wildman–Crippen MR) is 150 cm³/mol. The highest BCUT2D eigenvalue weighted by Crippen LogP contribution is 2.42. The monoisotopic (exact) mass is 503 g/mol. The molecule has 2 fully saturated rings. The van der Waals surface area contributed by atoms with Gasteiger partial charge in [-0.25, -0.2) is 0 Å². The molecule has 5 rings (SSSR count). The number of aryl methyl sites for hydroxylation is 1. The maximum Gasteiger partial charge on any atom is 0.170 e. The minimum Gasteiger partial charge on any atom is -0.376 e. The van der Waals surface area contributed by atoms with Crippen molar-refractivity contribution in [1.82, 2.24) is 19.8 Å². The normalized spacial score (nSPS) is 21.7. The molecule has 2 aromatic heterocycles. The quantitative estimate of drug-likeness (QED) is 0.411. The fourth-order valence-corrected chi connectivity index (χ4v) is 6.15. The summed E-state index contributed by atoms with van der Waals surface area (Å²) >= 11 is 5.89. The highest BCUT2D eigenvalue weighted by Gasteiger charge is 2.42. The van der Waals surface area contributed by atoms with Crippen molar-refractivity contribution in [1.29, 1.82) is 0 Å². The number of ether oxygens (including phenoxy) is 1. The first-order valence-electron chi connectivity index (χ1n) is 13.2. The number of hydrogen-bond acceptors (Lipinski definition) is 4. The zero-order valence-corrected chi connectivity index (χ0v) is 22.6. The first-order valence-corrected chi connectivity index (χ1v) is 13.6. The van der Waals surface area contributed by atoms with E-state index in [-0.39, 0.29) is 18.2 Å². The smallest absolute Gasteiger partial charge is 0.170 e. The number of nitrogens with zero attached hydrogens (tertiary/aromatic N) is 4. The number of rotatable bonds is 8. The highest BCUT2D eigenvalue weighted by atomic mass is 32.1. The number of anilines is 1. The fraction of sp³-hybridized carbons (Fsp3) is 0.448. The number of nitrogens with one attached hydrogen (secondary N) is 1. The number of aromatic nitrogens is 2. The Morgan fingerprint density at radius 3 is 2.53 bits per heavy atom. The first-order chi connectivity index (χ1) is 17.5. The number of benzene rings is 1. The predicted octanol–water partition coefficient (Wildman–Crippen LogP) is 5.49. The highest BCUT2D eigenvalue weighted by molar-refractivity contribution is 7.80. The van der Waals surface area contributed by atoms with E-state index in [2.05, 4.69) is 83.8 Å². The van der Waals surface area contributed by atoms with Crippen molar-refractivity contribution in [3.05, 3.63) is 77.4 Å². The van der Waals surface area contributed by atoms with Crippen molar-refractivity contribution in [3.63, 3.8) is 0 Å². The van der Waals surface area contributed by atoms with Gasteiger partial charge in [0.05, 0.1) is 23.9 Å². The average Bonchev–Trinajstić information content (AvgIpc) is 3.60. The van der Waals surface area contributed by atoms with E-state index in [9.17, 15) is 0 Å². The van der Waals surface area contributed by atoms with Gasteiger partial charge in [-0.15, -0.1) is 0 Å². The Morgan fingerprint density at radius 1 is 1.11 bits per heavy atom. The SMILES string of the molecule is CCN(CC)c1ccc(-n2c(C)cc(C3C(c4ccccn4)NC(=S)N3CC3CCCO3)c2C)cc1. The van der Waals surface area contributed by atoms with Gasteiger partial charge in [-0.1, -0.05) is 6.07 Å². The molecule has 3 aromatic rings. The van der Waals surface area contributed by atoms with Gasteiger partial charge >= 0.3 is 0 Å². The summed E-state index contributed by atoms with van der Waals surface area (Å²) in [6, 6.07) is 17.4. The molecule has 2 aliphatic heterocycles. The Balaban J connectivity index is 1.53. The van der Waals surface area contributed by atoms with E-state index >= 15 is 0 Å². The minimum atomic E-state index is -0.0147. The topological polar surface area (TPSA) is 45.6 Å². The zero-order chi connectivity index (χ0) is 25.2. The largest absolute Gasteiger partial charge is 0.376 e. The molecule has 36 heavy (non-hydrogen) atoms. The molecule has 1 N–H and O–H groups in total. The standard InChI is InChI=1S/C29H37N5OS/c1-5-32(6-2)22-12-14-23(15-13-22)34-20(3)18-25(21(34)4)28-27(26-11-7-8-16-30-26)31-29(36)33(28)19-24-10-9-17-35-24/h7-8,11-16,18,24,27-28H,5-6,9-10,17,19H2,1-4H3,(H,31,36). The second-order valence-electron chi connectivity index (χ2n) is 9.76. The molecule has 0 bridgehead atoms.